The lowest BCUT2D eigenvalue weighted by Gasteiger charge is -2.32. The van der Waals surface area contributed by atoms with Crippen molar-refractivity contribution in [3.8, 4) is 0 Å². The summed E-state index contributed by atoms with van der Waals surface area (Å²) in [4.78, 5) is 49.9. The number of rotatable bonds is 4. The Labute approximate surface area is 214 Å². The first-order chi connectivity index (χ1) is 17.4. The molecule has 1 unspecified atom stereocenters. The van der Waals surface area contributed by atoms with E-state index in [-0.39, 0.29) is 28.4 Å². The zero-order chi connectivity index (χ0) is 27.0. The van der Waals surface area contributed by atoms with Gasteiger partial charge in [-0.3, -0.25) is 19.8 Å². The van der Waals surface area contributed by atoms with E-state index in [9.17, 15) is 14.4 Å². The molecular weight excluding hydrogens is 475 g/mol. The van der Waals surface area contributed by atoms with Gasteiger partial charge in [0.2, 0.25) is 5.66 Å². The molecule has 1 aliphatic rings. The molecule has 37 heavy (non-hydrogen) atoms. The van der Waals surface area contributed by atoms with Crippen molar-refractivity contribution in [2.24, 2.45) is 4.99 Å². The molecule has 0 fully saturated rings. The largest absolute Gasteiger partial charge is 0.444 e. The maximum Gasteiger partial charge on any atom is 0.409 e. The average Bonchev–Trinajstić information content (AvgIpc) is 2.91. The van der Waals surface area contributed by atoms with Gasteiger partial charge in [-0.25, -0.2) is 19.2 Å². The van der Waals surface area contributed by atoms with E-state index in [1.807, 2.05) is 0 Å². The zero-order valence-corrected chi connectivity index (χ0v) is 21.2. The highest BCUT2D eigenvalue weighted by atomic mass is 19.1. The summed E-state index contributed by atoms with van der Waals surface area (Å²) in [5, 5.41) is 2.57. The van der Waals surface area contributed by atoms with Crippen LogP contribution in [0.1, 0.15) is 56.1 Å². The predicted molar refractivity (Wildman–Crippen MR) is 138 cm³/mol. The van der Waals surface area contributed by atoms with Gasteiger partial charge in [0.1, 0.15) is 11.4 Å². The summed E-state index contributed by atoms with van der Waals surface area (Å²) < 4.78 is 20.5. The fraction of sp³-hybridized carbons (Fsp3) is 0.250. The van der Waals surface area contributed by atoms with E-state index in [1.54, 1.807) is 75.4 Å². The molecule has 0 saturated heterocycles. The number of carbonyl (C=O) groups excluding carboxylic acids is 3. The standard InChI is InChI=1S/C28H27FN4O4/c1-17(34)18-13-10-16-30-24(18)33-22-15-9-7-12-20(22)23(19-11-6-8-14-21(19)29)31-28(5,25(33)35)32-26(36)37-27(2,3)4/h6-16H,1-5H3,(H,32,36). The average molecular weight is 503 g/mol. The van der Waals surface area contributed by atoms with Crippen LogP contribution < -0.4 is 10.2 Å². The molecule has 2 aromatic carbocycles. The lowest BCUT2D eigenvalue weighted by Crippen LogP contribution is -2.56. The number of nitrogens with one attached hydrogen (secondary N) is 1. The Morgan fingerprint density at radius 1 is 1.00 bits per heavy atom. The molecule has 0 bridgehead atoms. The van der Waals surface area contributed by atoms with Gasteiger partial charge in [0.05, 0.1) is 17.0 Å². The Kier molecular flexibility index (Phi) is 6.64. The van der Waals surface area contributed by atoms with Crippen LogP contribution in [0.5, 0.6) is 0 Å². The lowest BCUT2D eigenvalue weighted by molar-refractivity contribution is -0.123. The third kappa shape index (κ3) is 5.11. The number of hydrogen-bond donors (Lipinski definition) is 1. The molecular formula is C28H27FN4O4. The van der Waals surface area contributed by atoms with Gasteiger partial charge in [-0.15, -0.1) is 0 Å². The number of anilines is 2. The van der Waals surface area contributed by atoms with Gasteiger partial charge in [0.15, 0.2) is 11.6 Å². The Hall–Kier alpha value is -4.40. The maximum atomic E-state index is 15.1. The number of amides is 2. The molecule has 0 saturated carbocycles. The highest BCUT2D eigenvalue weighted by molar-refractivity contribution is 6.23. The van der Waals surface area contributed by atoms with Crippen molar-refractivity contribution in [3.05, 3.63) is 89.4 Å². The van der Waals surface area contributed by atoms with Gasteiger partial charge in [0, 0.05) is 17.3 Å². The molecule has 1 atom stereocenters. The van der Waals surface area contributed by atoms with Crippen molar-refractivity contribution in [3.63, 3.8) is 0 Å². The third-order valence-electron chi connectivity index (χ3n) is 5.61. The van der Waals surface area contributed by atoms with Crippen molar-refractivity contribution in [1.82, 2.24) is 10.3 Å². The minimum Gasteiger partial charge on any atom is -0.444 e. The number of hydrogen-bond acceptors (Lipinski definition) is 6. The number of para-hydroxylation sites is 1. The smallest absolute Gasteiger partial charge is 0.409 e. The number of nitrogens with zero attached hydrogens (tertiary/aromatic N) is 3. The van der Waals surface area contributed by atoms with E-state index in [2.05, 4.69) is 15.3 Å². The fourth-order valence-electron chi connectivity index (χ4n) is 4.03. The molecule has 4 rings (SSSR count). The van der Waals surface area contributed by atoms with Gasteiger partial charge in [-0.2, -0.15) is 0 Å². The van der Waals surface area contributed by atoms with Crippen LogP contribution in [0.4, 0.5) is 20.7 Å². The highest BCUT2D eigenvalue weighted by Gasteiger charge is 2.45. The third-order valence-corrected chi connectivity index (χ3v) is 5.61. The summed E-state index contributed by atoms with van der Waals surface area (Å²) in [6.45, 7) is 7.83. The van der Waals surface area contributed by atoms with E-state index >= 15 is 4.39 Å². The number of ketones is 1. The Bertz CT molecular complexity index is 1430. The van der Waals surface area contributed by atoms with Gasteiger partial charge in [-0.05, 0) is 65.0 Å². The molecule has 1 aliphatic heterocycles. The van der Waals surface area contributed by atoms with Crippen molar-refractivity contribution in [1.29, 1.82) is 0 Å². The number of pyridine rings is 1. The van der Waals surface area contributed by atoms with E-state index in [4.69, 9.17) is 4.74 Å². The normalized spacial score (nSPS) is 17.4. The van der Waals surface area contributed by atoms with Crippen molar-refractivity contribution >= 4 is 35.0 Å². The van der Waals surface area contributed by atoms with Crippen LogP contribution in [0.25, 0.3) is 0 Å². The number of ether oxygens (including phenoxy) is 1. The number of halogens is 1. The van der Waals surface area contributed by atoms with Crippen molar-refractivity contribution in [2.75, 3.05) is 4.90 Å². The summed E-state index contributed by atoms with van der Waals surface area (Å²) in [5.41, 5.74) is -1.60. The van der Waals surface area contributed by atoms with E-state index < -0.39 is 29.1 Å². The number of carbonyl (C=O) groups is 3. The topological polar surface area (TPSA) is 101 Å². The number of aromatic nitrogens is 1. The summed E-state index contributed by atoms with van der Waals surface area (Å²) in [5.74, 6) is -1.51. The van der Waals surface area contributed by atoms with Crippen LogP contribution >= 0.6 is 0 Å². The second-order valence-electron chi connectivity index (χ2n) is 9.73. The Morgan fingerprint density at radius 3 is 2.30 bits per heavy atom. The molecule has 0 radical (unpaired) electrons. The summed E-state index contributed by atoms with van der Waals surface area (Å²) in [6, 6.07) is 16.0. The van der Waals surface area contributed by atoms with E-state index in [0.29, 0.717) is 11.3 Å². The number of benzodiazepines with no additional fused rings is 1. The number of alkyl carbamates (subject to hydrolysis) is 1. The summed E-state index contributed by atoms with van der Waals surface area (Å²) in [7, 11) is 0. The molecule has 3 aromatic rings. The molecule has 2 heterocycles. The number of aliphatic imine (C=N–C) groups is 1. The Morgan fingerprint density at radius 2 is 1.65 bits per heavy atom. The number of Topliss-reactive ketones (excluding diaryl/α,β-unsaturated/α-hetero) is 1. The van der Waals surface area contributed by atoms with E-state index in [1.165, 1.54) is 31.0 Å². The van der Waals surface area contributed by atoms with Crippen molar-refractivity contribution < 1.29 is 23.5 Å². The van der Waals surface area contributed by atoms with E-state index in [0.717, 1.165) is 0 Å². The maximum absolute atomic E-state index is 15.1. The monoisotopic (exact) mass is 502 g/mol. The first kappa shape index (κ1) is 25.7. The van der Waals surface area contributed by atoms with Crippen LogP contribution in [0, 0.1) is 5.82 Å². The van der Waals surface area contributed by atoms with Crippen LogP contribution in [0.2, 0.25) is 0 Å². The van der Waals surface area contributed by atoms with Crippen LogP contribution in [0.3, 0.4) is 0 Å². The van der Waals surface area contributed by atoms with Gasteiger partial charge >= 0.3 is 6.09 Å². The molecule has 9 heteroatoms. The molecule has 8 nitrogen and oxygen atoms in total. The first-order valence-corrected chi connectivity index (χ1v) is 11.7. The molecule has 1 aromatic heterocycles. The molecule has 0 spiro atoms. The van der Waals surface area contributed by atoms with Crippen LogP contribution in [-0.2, 0) is 9.53 Å². The molecule has 190 valence electrons. The fourth-order valence-corrected chi connectivity index (χ4v) is 4.03. The van der Waals surface area contributed by atoms with Gasteiger partial charge in [0.25, 0.3) is 5.91 Å². The molecule has 1 N–H and O–H groups in total. The minimum absolute atomic E-state index is 0.0645. The zero-order valence-electron chi connectivity index (χ0n) is 21.2. The van der Waals surface area contributed by atoms with Crippen LogP contribution in [-0.4, -0.2) is 39.7 Å². The Balaban J connectivity index is 2.01. The second kappa shape index (κ2) is 9.57. The van der Waals surface area contributed by atoms with Gasteiger partial charge < -0.3 is 4.74 Å². The highest BCUT2D eigenvalue weighted by Crippen LogP contribution is 2.37. The molecule has 2 amide bonds. The first-order valence-electron chi connectivity index (χ1n) is 11.7. The predicted octanol–water partition coefficient (Wildman–Crippen LogP) is 5.18. The van der Waals surface area contributed by atoms with Gasteiger partial charge in [-0.1, -0.05) is 30.3 Å². The summed E-state index contributed by atoms with van der Waals surface area (Å²) in [6.07, 6.45) is 0.568. The van der Waals surface area contributed by atoms with Crippen molar-refractivity contribution in [2.45, 2.75) is 45.9 Å². The number of benzene rings is 2. The second-order valence-corrected chi connectivity index (χ2v) is 9.73. The SMILES string of the molecule is CC(=O)c1cccnc1N1C(=O)C(C)(NC(=O)OC(C)(C)C)N=C(c2ccccc2F)c2ccccc21. The summed E-state index contributed by atoms with van der Waals surface area (Å²) >= 11 is 0. The van der Waals surface area contributed by atoms with Crippen LogP contribution in [0.15, 0.2) is 71.9 Å². The lowest BCUT2D eigenvalue weighted by atomic mass is 9.99. The minimum atomic E-state index is -1.95. The molecule has 0 aliphatic carbocycles. The number of fused-ring (bicyclic) bond motifs is 1. The quantitative estimate of drug-likeness (QED) is 0.496.